The van der Waals surface area contributed by atoms with E-state index in [1.54, 1.807) is 16.7 Å². The molecule has 2 heterocycles. The van der Waals surface area contributed by atoms with E-state index in [4.69, 9.17) is 9.16 Å². The minimum atomic E-state index is -1.99. The van der Waals surface area contributed by atoms with E-state index in [0.717, 1.165) is 11.1 Å². The summed E-state index contributed by atoms with van der Waals surface area (Å²) in [6.45, 7) is 20.2. The Morgan fingerprint density at radius 3 is 2.23 bits per heavy atom. The highest BCUT2D eigenvalue weighted by Crippen LogP contribution is 2.52. The molecule has 1 fully saturated rings. The number of fused-ring (bicyclic) bond motifs is 1. The Kier molecular flexibility index (Phi) is 7.33. The molecule has 0 aromatic carbocycles. The van der Waals surface area contributed by atoms with Gasteiger partial charge in [-0.25, -0.2) is 4.79 Å². The maximum Gasteiger partial charge on any atom is 0.357 e. The summed E-state index contributed by atoms with van der Waals surface area (Å²) < 4.78 is 12.1. The second-order valence-corrected chi connectivity index (χ2v) is 22.8. The van der Waals surface area contributed by atoms with Crippen molar-refractivity contribution in [2.24, 2.45) is 5.92 Å². The first-order chi connectivity index (χ1) is 13.5. The molecule has 3 atom stereocenters. The number of amides is 1. The minimum absolute atomic E-state index is 0.0345. The standard InChI is InChI=1S/C21H40N2O4SSi2/c1-14(27-30(10,11)21(2,3)4)15-17(24)23-16(19(22(5)6)28-18(15)23)20(25)26-12-13-29(7,8)9/h14-15,18H,12-13H2,1-11H3/t14-,15-,18+/m0/s1. The fourth-order valence-corrected chi connectivity index (χ4v) is 6.97. The average Bonchev–Trinajstić information content (AvgIpc) is 2.87. The molecule has 0 N–H and O–H groups in total. The number of carbonyl (C=O) groups is 2. The second kappa shape index (κ2) is 8.63. The van der Waals surface area contributed by atoms with Crippen LogP contribution in [0.4, 0.5) is 0 Å². The van der Waals surface area contributed by atoms with Gasteiger partial charge in [0.15, 0.2) is 14.0 Å². The molecule has 1 saturated heterocycles. The van der Waals surface area contributed by atoms with Gasteiger partial charge in [-0.3, -0.25) is 9.69 Å². The highest BCUT2D eigenvalue weighted by Gasteiger charge is 2.59. The van der Waals surface area contributed by atoms with Crippen molar-refractivity contribution in [1.82, 2.24) is 9.80 Å². The molecular formula is C21H40N2O4SSi2. The molecule has 30 heavy (non-hydrogen) atoms. The summed E-state index contributed by atoms with van der Waals surface area (Å²) in [5.74, 6) is -0.671. The smallest absolute Gasteiger partial charge is 0.357 e. The van der Waals surface area contributed by atoms with E-state index >= 15 is 0 Å². The van der Waals surface area contributed by atoms with E-state index in [1.165, 1.54) is 0 Å². The quantitative estimate of drug-likeness (QED) is 0.294. The van der Waals surface area contributed by atoms with Crippen LogP contribution in [0.3, 0.4) is 0 Å². The average molecular weight is 473 g/mol. The molecule has 2 aliphatic rings. The van der Waals surface area contributed by atoms with E-state index in [1.807, 2.05) is 25.9 Å². The first-order valence-electron chi connectivity index (χ1n) is 10.7. The van der Waals surface area contributed by atoms with Gasteiger partial charge in [0, 0.05) is 22.2 Å². The van der Waals surface area contributed by atoms with Gasteiger partial charge in [-0.15, -0.1) is 0 Å². The normalized spacial score (nSPS) is 23.3. The molecule has 172 valence electrons. The zero-order chi connectivity index (χ0) is 23.2. The van der Waals surface area contributed by atoms with Crippen LogP contribution in [0.25, 0.3) is 0 Å². The maximum atomic E-state index is 13.1. The highest BCUT2D eigenvalue weighted by atomic mass is 32.2. The van der Waals surface area contributed by atoms with Gasteiger partial charge >= 0.3 is 5.97 Å². The molecule has 0 unspecified atom stereocenters. The van der Waals surface area contributed by atoms with Crippen LogP contribution in [0.5, 0.6) is 0 Å². The van der Waals surface area contributed by atoms with E-state index in [2.05, 4.69) is 53.5 Å². The number of thioether (sulfide) groups is 1. The van der Waals surface area contributed by atoms with Gasteiger partial charge in [-0.2, -0.15) is 0 Å². The molecule has 9 heteroatoms. The van der Waals surface area contributed by atoms with Crippen molar-refractivity contribution in [3.05, 3.63) is 10.7 Å². The fourth-order valence-electron chi connectivity index (χ4n) is 3.29. The Labute approximate surface area is 188 Å². The van der Waals surface area contributed by atoms with E-state index in [-0.39, 0.29) is 28.3 Å². The summed E-state index contributed by atoms with van der Waals surface area (Å²) in [4.78, 5) is 29.6. The first kappa shape index (κ1) is 25.5. The predicted octanol–water partition coefficient (Wildman–Crippen LogP) is 4.54. The number of nitrogens with zero attached hydrogens (tertiary/aromatic N) is 2. The summed E-state index contributed by atoms with van der Waals surface area (Å²) in [5.41, 5.74) is 0.395. The van der Waals surface area contributed by atoms with Crippen molar-refractivity contribution in [2.75, 3.05) is 20.7 Å². The third-order valence-electron chi connectivity index (χ3n) is 6.24. The summed E-state index contributed by atoms with van der Waals surface area (Å²) in [5, 5.41) is 0.775. The van der Waals surface area contributed by atoms with Gasteiger partial charge in [0.2, 0.25) is 5.91 Å². The lowest BCUT2D eigenvalue weighted by Gasteiger charge is -2.48. The van der Waals surface area contributed by atoms with Crippen molar-refractivity contribution in [1.29, 1.82) is 0 Å². The van der Waals surface area contributed by atoms with Crippen LogP contribution in [-0.2, 0) is 18.8 Å². The molecule has 0 radical (unpaired) electrons. The monoisotopic (exact) mass is 472 g/mol. The van der Waals surface area contributed by atoms with Crippen molar-refractivity contribution in [3.8, 4) is 0 Å². The number of carbonyl (C=O) groups excluding carboxylic acids is 2. The highest BCUT2D eigenvalue weighted by molar-refractivity contribution is 8.04. The molecule has 1 amide bonds. The van der Waals surface area contributed by atoms with Gasteiger partial charge in [0.05, 0.1) is 18.6 Å². The number of esters is 1. The number of rotatable bonds is 8. The van der Waals surface area contributed by atoms with Crippen LogP contribution >= 0.6 is 11.8 Å². The predicted molar refractivity (Wildman–Crippen MR) is 129 cm³/mol. The van der Waals surface area contributed by atoms with Crippen molar-refractivity contribution >= 4 is 40.0 Å². The van der Waals surface area contributed by atoms with Crippen LogP contribution in [0.1, 0.15) is 27.7 Å². The first-order valence-corrected chi connectivity index (χ1v) is 18.2. The Hall–Kier alpha value is -0.776. The SMILES string of the molecule is C[C@H](O[Si](C)(C)C(C)(C)C)[C@H]1C(=O)N2C(C(=O)OCC[Si](C)(C)C)=C(N(C)C)S[C@H]12. The maximum absolute atomic E-state index is 13.1. The van der Waals surface area contributed by atoms with Crippen molar-refractivity contribution in [2.45, 2.75) is 83.0 Å². The van der Waals surface area contributed by atoms with E-state index < -0.39 is 22.4 Å². The second-order valence-electron chi connectivity index (χ2n) is 11.3. The van der Waals surface area contributed by atoms with Crippen molar-refractivity contribution in [3.63, 3.8) is 0 Å². The number of hydrogen-bond acceptors (Lipinski definition) is 6. The summed E-state index contributed by atoms with van der Waals surface area (Å²) in [6, 6.07) is 0.911. The minimum Gasteiger partial charge on any atom is -0.461 e. The third kappa shape index (κ3) is 5.16. The molecule has 0 aromatic heterocycles. The van der Waals surface area contributed by atoms with Crippen LogP contribution in [0.15, 0.2) is 10.7 Å². The lowest BCUT2D eigenvalue weighted by molar-refractivity contribution is -0.157. The number of β-lactam (4-membered cyclic amide) rings is 1. The van der Waals surface area contributed by atoms with Crippen molar-refractivity contribution < 1.29 is 18.8 Å². The third-order valence-corrected chi connectivity index (χ3v) is 14.0. The Balaban J connectivity index is 2.14. The Morgan fingerprint density at radius 2 is 1.77 bits per heavy atom. The molecule has 0 aliphatic carbocycles. The largest absolute Gasteiger partial charge is 0.461 e. The van der Waals surface area contributed by atoms with Gasteiger partial charge in [-0.05, 0) is 31.1 Å². The van der Waals surface area contributed by atoms with Gasteiger partial charge in [0.25, 0.3) is 0 Å². The lowest BCUT2D eigenvalue weighted by atomic mass is 9.92. The zero-order valence-corrected chi connectivity index (χ0v) is 23.4. The van der Waals surface area contributed by atoms with Crippen LogP contribution in [-0.4, -0.2) is 70.2 Å². The van der Waals surface area contributed by atoms with Crippen LogP contribution in [0, 0.1) is 5.92 Å². The molecule has 6 nitrogen and oxygen atoms in total. The van der Waals surface area contributed by atoms with Crippen LogP contribution in [0.2, 0.25) is 43.8 Å². The van der Waals surface area contributed by atoms with Crippen LogP contribution < -0.4 is 0 Å². The number of ether oxygens (including phenoxy) is 1. The molecule has 2 aliphatic heterocycles. The summed E-state index contributed by atoms with van der Waals surface area (Å²) in [7, 11) is 0.512. The van der Waals surface area contributed by atoms with Gasteiger partial charge in [0.1, 0.15) is 10.4 Å². The fraction of sp³-hybridized carbons (Fsp3) is 0.810. The molecule has 0 saturated carbocycles. The van der Waals surface area contributed by atoms with Gasteiger partial charge < -0.3 is 14.1 Å². The van der Waals surface area contributed by atoms with E-state index in [0.29, 0.717) is 12.3 Å². The molecule has 0 bridgehead atoms. The summed E-state index contributed by atoms with van der Waals surface area (Å²) >= 11 is 1.57. The Morgan fingerprint density at radius 1 is 1.20 bits per heavy atom. The van der Waals surface area contributed by atoms with Gasteiger partial charge in [-0.1, -0.05) is 52.2 Å². The molecular weight excluding hydrogens is 432 g/mol. The topological polar surface area (TPSA) is 59.1 Å². The lowest BCUT2D eigenvalue weighted by Crippen LogP contribution is -2.62. The summed E-state index contributed by atoms with van der Waals surface area (Å²) in [6.07, 6.45) is -0.183. The Bertz CT molecular complexity index is 725. The molecule has 0 aromatic rings. The van der Waals surface area contributed by atoms with E-state index in [9.17, 15) is 9.59 Å². The number of hydrogen-bond donors (Lipinski definition) is 0. The zero-order valence-electron chi connectivity index (χ0n) is 20.6. The molecule has 2 rings (SSSR count). The molecule has 0 spiro atoms.